The molecule has 0 unspecified atom stereocenters. The molecule has 0 fully saturated rings. The number of hydrogen-bond donors (Lipinski definition) is 1. The number of ether oxygens (including phenoxy) is 1. The second-order valence-corrected chi connectivity index (χ2v) is 7.42. The number of carbonyl (C=O) groups is 1. The van der Waals surface area contributed by atoms with Gasteiger partial charge in [0.1, 0.15) is 11.6 Å². The van der Waals surface area contributed by atoms with Gasteiger partial charge in [0, 0.05) is 36.1 Å². The minimum Gasteiger partial charge on any atom is -0.497 e. The number of aromatic nitrogens is 3. The highest BCUT2D eigenvalue weighted by molar-refractivity contribution is 5.98. The van der Waals surface area contributed by atoms with Crippen molar-refractivity contribution in [3.8, 4) is 17.1 Å². The second kappa shape index (κ2) is 9.28. The van der Waals surface area contributed by atoms with E-state index in [4.69, 9.17) is 4.74 Å². The minimum absolute atomic E-state index is 0.0161. The van der Waals surface area contributed by atoms with Crippen molar-refractivity contribution in [2.45, 2.75) is 27.2 Å². The van der Waals surface area contributed by atoms with Crippen LogP contribution in [-0.2, 0) is 6.42 Å². The molecule has 150 valence electrons. The number of benzene rings is 1. The van der Waals surface area contributed by atoms with Crippen LogP contribution in [0.15, 0.2) is 48.8 Å². The van der Waals surface area contributed by atoms with Gasteiger partial charge in [0.15, 0.2) is 11.6 Å². The molecule has 0 radical (unpaired) electrons. The molecule has 1 aromatic carbocycles. The Balaban J connectivity index is 1.92. The number of Topliss-reactive ketones (excluding diaryl/α,β-unsaturated/α-hetero) is 1. The lowest BCUT2D eigenvalue weighted by atomic mass is 10.0. The number of anilines is 1. The van der Waals surface area contributed by atoms with Gasteiger partial charge in [-0.2, -0.15) is 0 Å². The zero-order chi connectivity index (χ0) is 20.8. The third-order valence-corrected chi connectivity index (χ3v) is 4.34. The van der Waals surface area contributed by atoms with Crippen LogP contribution < -0.4 is 10.1 Å². The van der Waals surface area contributed by atoms with Gasteiger partial charge in [-0.15, -0.1) is 0 Å². The Labute approximate surface area is 171 Å². The van der Waals surface area contributed by atoms with Crippen LogP contribution in [-0.4, -0.2) is 34.4 Å². The molecular weight excluding hydrogens is 364 g/mol. The van der Waals surface area contributed by atoms with Crippen LogP contribution >= 0.6 is 0 Å². The molecule has 3 aromatic rings. The summed E-state index contributed by atoms with van der Waals surface area (Å²) in [6.07, 6.45) is 3.61. The quantitative estimate of drug-likeness (QED) is 0.576. The lowest BCUT2D eigenvalue weighted by molar-refractivity contribution is 0.0991. The van der Waals surface area contributed by atoms with E-state index in [1.165, 1.54) is 0 Å². The van der Waals surface area contributed by atoms with E-state index < -0.39 is 0 Å². The van der Waals surface area contributed by atoms with Crippen molar-refractivity contribution in [1.82, 2.24) is 15.0 Å². The SMILES string of the molecule is COc1cc(C)cc(C(=O)Cc2cc(NCC(C)C)nc(-c3cccnc3)n2)c1. The van der Waals surface area contributed by atoms with Crippen LogP contribution in [0.3, 0.4) is 0 Å². The predicted octanol–water partition coefficient (Wildman–Crippen LogP) is 4.35. The summed E-state index contributed by atoms with van der Waals surface area (Å²) in [6.45, 7) is 6.99. The van der Waals surface area contributed by atoms with E-state index in [1.807, 2.05) is 37.3 Å². The molecule has 0 spiro atoms. The number of nitrogens with one attached hydrogen (secondary N) is 1. The molecule has 6 heteroatoms. The first-order valence-corrected chi connectivity index (χ1v) is 9.65. The van der Waals surface area contributed by atoms with Crippen molar-refractivity contribution in [2.24, 2.45) is 5.92 Å². The molecule has 3 rings (SSSR count). The Hall–Kier alpha value is -3.28. The first-order chi connectivity index (χ1) is 13.9. The maximum Gasteiger partial charge on any atom is 0.168 e. The summed E-state index contributed by atoms with van der Waals surface area (Å²) in [5.74, 6) is 2.38. The summed E-state index contributed by atoms with van der Waals surface area (Å²) >= 11 is 0. The van der Waals surface area contributed by atoms with Gasteiger partial charge in [0.25, 0.3) is 0 Å². The van der Waals surface area contributed by atoms with Gasteiger partial charge in [-0.05, 0) is 48.7 Å². The Morgan fingerprint density at radius 2 is 2.00 bits per heavy atom. The summed E-state index contributed by atoms with van der Waals surface area (Å²) in [7, 11) is 1.60. The number of hydrogen-bond acceptors (Lipinski definition) is 6. The number of aryl methyl sites for hydroxylation is 1. The Morgan fingerprint density at radius 3 is 2.69 bits per heavy atom. The fraction of sp³-hybridized carbons (Fsp3) is 0.304. The lowest BCUT2D eigenvalue weighted by Crippen LogP contribution is -2.12. The molecule has 29 heavy (non-hydrogen) atoms. The average molecular weight is 390 g/mol. The van der Waals surface area contributed by atoms with Gasteiger partial charge in [-0.25, -0.2) is 9.97 Å². The highest BCUT2D eigenvalue weighted by Gasteiger charge is 2.14. The Kier molecular flexibility index (Phi) is 6.54. The molecule has 0 aliphatic heterocycles. The van der Waals surface area contributed by atoms with Gasteiger partial charge in [-0.1, -0.05) is 13.8 Å². The second-order valence-electron chi connectivity index (χ2n) is 7.42. The Morgan fingerprint density at radius 1 is 1.17 bits per heavy atom. The Bertz CT molecular complexity index is 987. The summed E-state index contributed by atoms with van der Waals surface area (Å²) in [5, 5.41) is 3.33. The molecule has 0 aliphatic carbocycles. The summed E-state index contributed by atoms with van der Waals surface area (Å²) in [6, 6.07) is 11.1. The van der Waals surface area contributed by atoms with Gasteiger partial charge in [0.05, 0.1) is 19.2 Å². The fourth-order valence-corrected chi connectivity index (χ4v) is 2.90. The standard InChI is InChI=1S/C23H26N4O2/c1-15(2)13-25-22-12-19(26-23(27-22)17-6-5-7-24-14-17)11-21(28)18-8-16(3)9-20(10-18)29-4/h5-10,12,14-15H,11,13H2,1-4H3,(H,25,26,27). The highest BCUT2D eigenvalue weighted by Crippen LogP contribution is 2.21. The van der Waals surface area contributed by atoms with Crippen LogP contribution in [0.5, 0.6) is 5.75 Å². The third kappa shape index (κ3) is 5.60. The average Bonchev–Trinajstić information content (AvgIpc) is 2.72. The molecule has 0 amide bonds. The van der Waals surface area contributed by atoms with Crippen molar-refractivity contribution >= 4 is 11.6 Å². The predicted molar refractivity (Wildman–Crippen MR) is 114 cm³/mol. The zero-order valence-corrected chi connectivity index (χ0v) is 17.3. The van der Waals surface area contributed by atoms with Crippen LogP contribution in [0.2, 0.25) is 0 Å². The van der Waals surface area contributed by atoms with Crippen LogP contribution in [0.25, 0.3) is 11.4 Å². The molecular formula is C23H26N4O2. The normalized spacial score (nSPS) is 10.8. The summed E-state index contributed by atoms with van der Waals surface area (Å²) in [5.41, 5.74) is 3.06. The van der Waals surface area contributed by atoms with Gasteiger partial charge in [-0.3, -0.25) is 9.78 Å². The molecule has 6 nitrogen and oxygen atoms in total. The van der Waals surface area contributed by atoms with Gasteiger partial charge < -0.3 is 10.1 Å². The van der Waals surface area contributed by atoms with Crippen molar-refractivity contribution in [3.63, 3.8) is 0 Å². The minimum atomic E-state index is -0.0161. The highest BCUT2D eigenvalue weighted by atomic mass is 16.5. The molecule has 0 atom stereocenters. The van der Waals surface area contributed by atoms with Crippen molar-refractivity contribution < 1.29 is 9.53 Å². The first-order valence-electron chi connectivity index (χ1n) is 9.65. The van der Waals surface area contributed by atoms with E-state index in [-0.39, 0.29) is 12.2 Å². The van der Waals surface area contributed by atoms with E-state index in [1.54, 1.807) is 25.6 Å². The van der Waals surface area contributed by atoms with E-state index in [0.717, 1.165) is 17.7 Å². The molecule has 0 bridgehead atoms. The van der Waals surface area contributed by atoms with Crippen LogP contribution in [0.4, 0.5) is 5.82 Å². The topological polar surface area (TPSA) is 77.0 Å². The largest absolute Gasteiger partial charge is 0.497 e. The third-order valence-electron chi connectivity index (χ3n) is 4.34. The molecule has 0 aliphatic rings. The van der Waals surface area contributed by atoms with Crippen molar-refractivity contribution in [3.05, 3.63) is 65.6 Å². The number of methoxy groups -OCH3 is 1. The van der Waals surface area contributed by atoms with E-state index in [2.05, 4.69) is 34.1 Å². The van der Waals surface area contributed by atoms with Crippen molar-refractivity contribution in [1.29, 1.82) is 0 Å². The molecule has 0 saturated carbocycles. The summed E-state index contributed by atoms with van der Waals surface area (Å²) < 4.78 is 5.29. The molecule has 0 saturated heterocycles. The summed E-state index contributed by atoms with van der Waals surface area (Å²) in [4.78, 5) is 26.3. The first kappa shape index (κ1) is 20.5. The van der Waals surface area contributed by atoms with Crippen molar-refractivity contribution in [2.75, 3.05) is 19.0 Å². The van der Waals surface area contributed by atoms with E-state index >= 15 is 0 Å². The van der Waals surface area contributed by atoms with Crippen LogP contribution in [0.1, 0.15) is 35.5 Å². The fourth-order valence-electron chi connectivity index (χ4n) is 2.90. The molecule has 2 heterocycles. The smallest absolute Gasteiger partial charge is 0.168 e. The van der Waals surface area contributed by atoms with E-state index in [0.29, 0.717) is 34.6 Å². The number of ketones is 1. The maximum atomic E-state index is 12.9. The zero-order valence-electron chi connectivity index (χ0n) is 17.3. The lowest BCUT2D eigenvalue weighted by Gasteiger charge is -2.12. The molecule has 1 N–H and O–H groups in total. The van der Waals surface area contributed by atoms with Gasteiger partial charge >= 0.3 is 0 Å². The van der Waals surface area contributed by atoms with Crippen LogP contribution in [0, 0.1) is 12.8 Å². The monoisotopic (exact) mass is 390 g/mol. The molecule has 2 aromatic heterocycles. The number of rotatable bonds is 8. The van der Waals surface area contributed by atoms with Gasteiger partial charge in [0.2, 0.25) is 0 Å². The maximum absolute atomic E-state index is 12.9. The number of pyridine rings is 1. The number of nitrogens with zero attached hydrogens (tertiary/aromatic N) is 3. The van der Waals surface area contributed by atoms with E-state index in [9.17, 15) is 4.79 Å². The number of carbonyl (C=O) groups excluding carboxylic acids is 1.